The molecular formula is C9H19N3O2. The van der Waals surface area contributed by atoms with Gasteiger partial charge in [0.25, 0.3) is 0 Å². The molecule has 0 saturated heterocycles. The molecular weight excluding hydrogens is 182 g/mol. The molecule has 0 aromatic carbocycles. The molecule has 0 heterocycles. The van der Waals surface area contributed by atoms with Crippen LogP contribution in [-0.2, 0) is 0 Å². The summed E-state index contributed by atoms with van der Waals surface area (Å²) in [5.41, 5.74) is 5.74. The SMILES string of the molecule is C=NC(C(O)C(C)=N)C(C)C(N)CO. The first-order valence-corrected chi connectivity index (χ1v) is 4.51. The van der Waals surface area contributed by atoms with Crippen molar-refractivity contribution in [3.63, 3.8) is 0 Å². The molecule has 5 heteroatoms. The Morgan fingerprint density at radius 2 is 2.14 bits per heavy atom. The van der Waals surface area contributed by atoms with E-state index < -0.39 is 18.2 Å². The molecule has 0 aromatic rings. The van der Waals surface area contributed by atoms with Gasteiger partial charge in [-0.15, -0.1) is 0 Å². The summed E-state index contributed by atoms with van der Waals surface area (Å²) < 4.78 is 0. The highest BCUT2D eigenvalue weighted by molar-refractivity contribution is 5.83. The molecule has 0 aliphatic carbocycles. The molecule has 0 aromatic heterocycles. The van der Waals surface area contributed by atoms with Crippen LogP contribution in [0.25, 0.3) is 0 Å². The molecule has 4 atom stereocenters. The Labute approximate surface area is 84.2 Å². The Kier molecular flexibility index (Phi) is 5.52. The molecule has 0 radical (unpaired) electrons. The number of hydrogen-bond donors (Lipinski definition) is 4. The van der Waals surface area contributed by atoms with Crippen molar-refractivity contribution in [3.05, 3.63) is 0 Å². The van der Waals surface area contributed by atoms with Gasteiger partial charge in [0.05, 0.1) is 12.6 Å². The standard InChI is InChI=1S/C9H19N3O2/c1-5(7(11)4-13)8(12-3)9(14)6(2)10/h5,7-10,13-14H,3-4,11H2,1-2H3. The van der Waals surface area contributed by atoms with Crippen LogP contribution in [0.1, 0.15) is 13.8 Å². The van der Waals surface area contributed by atoms with Crippen molar-refractivity contribution < 1.29 is 10.2 Å². The summed E-state index contributed by atoms with van der Waals surface area (Å²) in [6, 6.07) is -0.992. The second kappa shape index (κ2) is 5.85. The Morgan fingerprint density at radius 3 is 2.43 bits per heavy atom. The van der Waals surface area contributed by atoms with Gasteiger partial charge in [0, 0.05) is 11.8 Å². The fourth-order valence-corrected chi connectivity index (χ4v) is 1.23. The monoisotopic (exact) mass is 201 g/mol. The third-order valence-electron chi connectivity index (χ3n) is 2.40. The zero-order chi connectivity index (χ0) is 11.3. The van der Waals surface area contributed by atoms with Crippen LogP contribution in [0.4, 0.5) is 0 Å². The van der Waals surface area contributed by atoms with Crippen LogP contribution in [-0.4, -0.2) is 47.4 Å². The molecule has 0 saturated carbocycles. The number of aliphatic hydroxyl groups is 2. The summed E-state index contributed by atoms with van der Waals surface area (Å²) in [6.45, 7) is 6.46. The minimum absolute atomic E-state index is 0.124. The van der Waals surface area contributed by atoms with Crippen molar-refractivity contribution in [1.29, 1.82) is 5.41 Å². The zero-order valence-electron chi connectivity index (χ0n) is 8.64. The molecule has 5 nitrogen and oxygen atoms in total. The highest BCUT2D eigenvalue weighted by Gasteiger charge is 2.29. The fraction of sp³-hybridized carbons (Fsp3) is 0.778. The van der Waals surface area contributed by atoms with Crippen LogP contribution >= 0.6 is 0 Å². The summed E-state index contributed by atoms with van der Waals surface area (Å²) >= 11 is 0. The molecule has 0 bridgehead atoms. The van der Waals surface area contributed by atoms with Gasteiger partial charge in [0.2, 0.25) is 0 Å². The van der Waals surface area contributed by atoms with Crippen LogP contribution in [0.15, 0.2) is 4.99 Å². The minimum Gasteiger partial charge on any atom is -0.395 e. The number of nitrogens with two attached hydrogens (primary N) is 1. The van der Waals surface area contributed by atoms with Gasteiger partial charge in [-0.1, -0.05) is 6.92 Å². The Bertz CT molecular complexity index is 208. The van der Waals surface area contributed by atoms with Crippen molar-refractivity contribution in [2.45, 2.75) is 32.0 Å². The van der Waals surface area contributed by atoms with Gasteiger partial charge in [-0.05, 0) is 19.6 Å². The van der Waals surface area contributed by atoms with E-state index in [4.69, 9.17) is 16.2 Å². The van der Waals surface area contributed by atoms with E-state index in [1.54, 1.807) is 6.92 Å². The summed E-state index contributed by atoms with van der Waals surface area (Å²) in [7, 11) is 0. The molecule has 0 spiro atoms. The maximum Gasteiger partial charge on any atom is 0.114 e. The van der Waals surface area contributed by atoms with E-state index in [1.807, 2.05) is 0 Å². The minimum atomic E-state index is -0.972. The Balaban J connectivity index is 4.54. The predicted octanol–water partition coefficient (Wildman–Crippen LogP) is -0.588. The highest BCUT2D eigenvalue weighted by Crippen LogP contribution is 2.15. The number of nitrogens with zero attached hydrogens (tertiary/aromatic N) is 1. The second-order valence-electron chi connectivity index (χ2n) is 3.51. The summed E-state index contributed by atoms with van der Waals surface area (Å²) in [6.07, 6.45) is -0.972. The average molecular weight is 201 g/mol. The van der Waals surface area contributed by atoms with Crippen molar-refractivity contribution in [2.75, 3.05) is 6.61 Å². The summed E-state index contributed by atoms with van der Waals surface area (Å²) in [4.78, 5) is 3.75. The topological polar surface area (TPSA) is 103 Å². The zero-order valence-corrected chi connectivity index (χ0v) is 8.64. The van der Waals surface area contributed by atoms with Crippen LogP contribution in [0.2, 0.25) is 0 Å². The van der Waals surface area contributed by atoms with Crippen LogP contribution in [0, 0.1) is 11.3 Å². The third kappa shape index (κ3) is 3.17. The van der Waals surface area contributed by atoms with Crippen molar-refractivity contribution in [1.82, 2.24) is 0 Å². The number of aliphatic imine (C=N–C) groups is 1. The number of nitrogens with one attached hydrogen (secondary N) is 1. The van der Waals surface area contributed by atoms with Gasteiger partial charge in [0.1, 0.15) is 6.10 Å². The number of aliphatic hydroxyl groups excluding tert-OH is 2. The second-order valence-corrected chi connectivity index (χ2v) is 3.51. The lowest BCUT2D eigenvalue weighted by molar-refractivity contribution is 0.149. The van der Waals surface area contributed by atoms with Gasteiger partial charge < -0.3 is 21.4 Å². The highest BCUT2D eigenvalue weighted by atomic mass is 16.3. The first-order valence-electron chi connectivity index (χ1n) is 4.51. The van der Waals surface area contributed by atoms with Crippen LogP contribution in [0.3, 0.4) is 0 Å². The summed E-state index contributed by atoms with van der Waals surface area (Å²) in [5, 5.41) is 25.7. The first kappa shape index (κ1) is 13.2. The lowest BCUT2D eigenvalue weighted by Crippen LogP contribution is -2.45. The van der Waals surface area contributed by atoms with E-state index in [0.29, 0.717) is 0 Å². The normalized spacial score (nSPS) is 19.5. The quantitative estimate of drug-likeness (QED) is 0.432. The molecule has 0 aliphatic heterocycles. The lowest BCUT2D eigenvalue weighted by Gasteiger charge is -2.27. The average Bonchev–Trinajstić information content (AvgIpc) is 2.17. The maximum absolute atomic E-state index is 9.61. The third-order valence-corrected chi connectivity index (χ3v) is 2.40. The molecule has 0 amide bonds. The van der Waals surface area contributed by atoms with Gasteiger partial charge in [0.15, 0.2) is 0 Å². The van der Waals surface area contributed by atoms with E-state index in [9.17, 15) is 5.11 Å². The van der Waals surface area contributed by atoms with E-state index in [-0.39, 0.29) is 18.2 Å². The molecule has 0 aliphatic rings. The number of rotatable bonds is 6. The number of hydrogen-bond acceptors (Lipinski definition) is 5. The lowest BCUT2D eigenvalue weighted by atomic mass is 9.89. The summed E-state index contributed by atoms with van der Waals surface area (Å²) in [5.74, 6) is -0.215. The Morgan fingerprint density at radius 1 is 1.64 bits per heavy atom. The van der Waals surface area contributed by atoms with Crippen LogP contribution in [0.5, 0.6) is 0 Å². The Hall–Kier alpha value is -0.780. The van der Waals surface area contributed by atoms with E-state index in [0.717, 1.165) is 0 Å². The van der Waals surface area contributed by atoms with Gasteiger partial charge in [-0.2, -0.15) is 0 Å². The molecule has 14 heavy (non-hydrogen) atoms. The molecule has 82 valence electrons. The predicted molar refractivity (Wildman–Crippen MR) is 57.0 cm³/mol. The van der Waals surface area contributed by atoms with Crippen LogP contribution < -0.4 is 5.73 Å². The molecule has 0 rings (SSSR count). The first-order chi connectivity index (χ1) is 6.45. The van der Waals surface area contributed by atoms with Crippen molar-refractivity contribution in [2.24, 2.45) is 16.6 Å². The van der Waals surface area contributed by atoms with Gasteiger partial charge in [-0.25, -0.2) is 0 Å². The van der Waals surface area contributed by atoms with Crippen molar-refractivity contribution >= 4 is 12.4 Å². The molecule has 4 unspecified atom stereocenters. The molecule has 5 N–H and O–H groups in total. The van der Waals surface area contributed by atoms with E-state index >= 15 is 0 Å². The van der Waals surface area contributed by atoms with Crippen molar-refractivity contribution in [3.8, 4) is 0 Å². The smallest absolute Gasteiger partial charge is 0.114 e. The van der Waals surface area contributed by atoms with Gasteiger partial charge >= 0.3 is 0 Å². The molecule has 0 fully saturated rings. The van der Waals surface area contributed by atoms with E-state index in [1.165, 1.54) is 6.92 Å². The largest absolute Gasteiger partial charge is 0.395 e. The fourth-order valence-electron chi connectivity index (χ4n) is 1.23. The van der Waals surface area contributed by atoms with E-state index in [2.05, 4.69) is 11.7 Å². The maximum atomic E-state index is 9.61. The van der Waals surface area contributed by atoms with Gasteiger partial charge in [-0.3, -0.25) is 4.99 Å².